The summed E-state index contributed by atoms with van der Waals surface area (Å²) < 4.78 is 115. The quantitative estimate of drug-likeness (QED) is 0.279. The van der Waals surface area contributed by atoms with Crippen LogP contribution in [0.5, 0.6) is 0 Å². The van der Waals surface area contributed by atoms with Gasteiger partial charge in [0.15, 0.2) is 0 Å². The molecule has 1 aliphatic heterocycles. The van der Waals surface area contributed by atoms with Crippen molar-refractivity contribution in [1.29, 1.82) is 0 Å². The molecule has 5 rings (SSSR count). The third-order valence-corrected chi connectivity index (χ3v) is 8.38. The van der Waals surface area contributed by atoms with Crippen LogP contribution in [0.3, 0.4) is 0 Å². The van der Waals surface area contributed by atoms with Gasteiger partial charge in [-0.25, -0.2) is 0 Å². The Kier molecular flexibility index (Phi) is 5.05. The van der Waals surface area contributed by atoms with E-state index in [-0.39, 0.29) is 0 Å². The highest BCUT2D eigenvalue weighted by molar-refractivity contribution is 7.86. The number of amides is 2. The van der Waals surface area contributed by atoms with E-state index >= 15 is 0 Å². The van der Waals surface area contributed by atoms with Crippen LogP contribution in [0.2, 0.25) is 0 Å². The van der Waals surface area contributed by atoms with Crippen molar-refractivity contribution in [1.82, 2.24) is 5.32 Å². The van der Waals surface area contributed by atoms with E-state index < -0.39 is 85.1 Å². The largest absolute Gasteiger partial charge is 0.417 e. The molecule has 4 unspecified atom stereocenters. The lowest BCUT2D eigenvalue weighted by Gasteiger charge is -2.42. The molecule has 3 aliphatic rings. The second-order valence-electron chi connectivity index (χ2n) is 8.80. The molecule has 1 saturated heterocycles. The number of allylic oxidation sites excluding steroid dienone is 1. The van der Waals surface area contributed by atoms with Gasteiger partial charge in [-0.1, -0.05) is 42.5 Å². The van der Waals surface area contributed by atoms with Crippen molar-refractivity contribution in [3.05, 3.63) is 77.4 Å². The van der Waals surface area contributed by atoms with Crippen LogP contribution >= 0.6 is 0 Å². The molecule has 1 saturated carbocycles. The van der Waals surface area contributed by atoms with Crippen LogP contribution in [0.25, 0.3) is 0 Å². The van der Waals surface area contributed by atoms with E-state index in [2.05, 4.69) is 0 Å². The lowest BCUT2D eigenvalue weighted by atomic mass is 9.62. The molecular formula is C23H15F6NO5S. The van der Waals surface area contributed by atoms with E-state index in [1.165, 1.54) is 12.1 Å². The number of carbonyl (C=O) groups is 2. The molecule has 2 amide bonds. The lowest BCUT2D eigenvalue weighted by molar-refractivity contribution is -0.142. The first-order valence-electron chi connectivity index (χ1n) is 10.5. The van der Waals surface area contributed by atoms with Crippen molar-refractivity contribution in [2.45, 2.75) is 34.7 Å². The van der Waals surface area contributed by atoms with Crippen molar-refractivity contribution in [2.24, 2.45) is 11.8 Å². The van der Waals surface area contributed by atoms with Crippen LogP contribution in [0.1, 0.15) is 23.1 Å². The first kappa shape index (κ1) is 24.5. The number of imide groups is 1. The smallest absolute Gasteiger partial charge is 0.295 e. The number of nitrogens with one attached hydrogen (secondary N) is 1. The van der Waals surface area contributed by atoms with Crippen LogP contribution in [0, 0.1) is 11.8 Å². The summed E-state index contributed by atoms with van der Waals surface area (Å²) in [6, 6.07) is 7.00. The van der Waals surface area contributed by atoms with E-state index in [4.69, 9.17) is 4.18 Å². The summed E-state index contributed by atoms with van der Waals surface area (Å²) in [6.45, 7) is 0. The Labute approximate surface area is 200 Å². The Morgan fingerprint density at radius 1 is 0.889 bits per heavy atom. The van der Waals surface area contributed by atoms with Crippen LogP contribution in [-0.2, 0) is 41.7 Å². The standard InChI is InChI=1S/C23H15F6NO5S/c24-22(25,26)14-6-2-1-5-13(14)21-17(18(31)30-19(21)32)12-9-10-20(21,11-12)35-36(33,34)16-8-4-3-7-15(16)23(27,28)29/h1-10,12,17H,11H2,(H,30,31,32). The fourth-order valence-electron chi connectivity index (χ4n) is 5.76. The van der Waals surface area contributed by atoms with Gasteiger partial charge in [-0.05, 0) is 36.1 Å². The maximum atomic E-state index is 14.0. The third-order valence-electron chi connectivity index (χ3n) is 6.97. The average Bonchev–Trinajstić information content (AvgIpc) is 3.40. The monoisotopic (exact) mass is 531 g/mol. The molecule has 0 aromatic heterocycles. The molecule has 2 fully saturated rings. The molecule has 2 bridgehead atoms. The van der Waals surface area contributed by atoms with E-state index in [1.807, 2.05) is 5.32 Å². The molecule has 0 radical (unpaired) electrons. The fraction of sp³-hybridized carbons (Fsp3) is 0.304. The molecule has 1 heterocycles. The predicted molar refractivity (Wildman–Crippen MR) is 109 cm³/mol. The van der Waals surface area contributed by atoms with Crippen molar-refractivity contribution in [2.75, 3.05) is 0 Å². The minimum Gasteiger partial charge on any atom is -0.295 e. The maximum Gasteiger partial charge on any atom is 0.417 e. The van der Waals surface area contributed by atoms with Gasteiger partial charge in [0.05, 0.1) is 17.0 Å². The van der Waals surface area contributed by atoms with Gasteiger partial charge in [0, 0.05) is 0 Å². The number of carbonyl (C=O) groups excluding carboxylic acids is 2. The van der Waals surface area contributed by atoms with Crippen molar-refractivity contribution < 1.29 is 48.5 Å². The van der Waals surface area contributed by atoms with E-state index in [9.17, 15) is 44.3 Å². The number of alkyl halides is 6. The highest BCUT2D eigenvalue weighted by Crippen LogP contribution is 2.65. The summed E-state index contributed by atoms with van der Waals surface area (Å²) in [7, 11) is -5.32. The average molecular weight is 531 g/mol. The Morgan fingerprint density at radius 2 is 1.47 bits per heavy atom. The van der Waals surface area contributed by atoms with Crippen LogP contribution in [-0.4, -0.2) is 25.8 Å². The van der Waals surface area contributed by atoms with Gasteiger partial charge >= 0.3 is 12.4 Å². The minimum absolute atomic E-state index is 0.406. The zero-order chi connectivity index (χ0) is 26.3. The molecule has 36 heavy (non-hydrogen) atoms. The Balaban J connectivity index is 1.75. The Morgan fingerprint density at radius 3 is 2.11 bits per heavy atom. The van der Waals surface area contributed by atoms with Gasteiger partial charge in [0.25, 0.3) is 10.1 Å². The van der Waals surface area contributed by atoms with Gasteiger partial charge in [0.1, 0.15) is 15.9 Å². The molecule has 4 atom stereocenters. The number of hydrogen-bond acceptors (Lipinski definition) is 5. The van der Waals surface area contributed by atoms with E-state index in [0.29, 0.717) is 18.2 Å². The molecule has 0 spiro atoms. The van der Waals surface area contributed by atoms with E-state index in [0.717, 1.165) is 30.3 Å². The first-order valence-corrected chi connectivity index (χ1v) is 11.9. The third kappa shape index (κ3) is 3.18. The fourth-order valence-corrected chi connectivity index (χ4v) is 7.20. The summed E-state index contributed by atoms with van der Waals surface area (Å²) in [4.78, 5) is 24.8. The summed E-state index contributed by atoms with van der Waals surface area (Å²) >= 11 is 0. The first-order chi connectivity index (χ1) is 16.7. The zero-order valence-corrected chi connectivity index (χ0v) is 18.7. The minimum atomic E-state index is -5.32. The Hall–Kier alpha value is -3.19. The molecule has 2 aliphatic carbocycles. The number of rotatable bonds is 4. The highest BCUT2D eigenvalue weighted by atomic mass is 32.2. The molecule has 1 N–H and O–H groups in total. The second kappa shape index (κ2) is 7.42. The molecule has 2 aromatic carbocycles. The molecule has 190 valence electrons. The number of fused-ring (bicyclic) bond motifs is 5. The second-order valence-corrected chi connectivity index (χ2v) is 10.3. The van der Waals surface area contributed by atoms with Crippen LogP contribution in [0.15, 0.2) is 65.6 Å². The molecule has 13 heteroatoms. The van der Waals surface area contributed by atoms with Crippen molar-refractivity contribution >= 4 is 21.9 Å². The Bertz CT molecular complexity index is 1430. The van der Waals surface area contributed by atoms with E-state index in [1.54, 1.807) is 0 Å². The van der Waals surface area contributed by atoms with Crippen LogP contribution in [0.4, 0.5) is 26.3 Å². The van der Waals surface area contributed by atoms with Gasteiger partial charge in [-0.15, -0.1) is 0 Å². The maximum absolute atomic E-state index is 14.0. The van der Waals surface area contributed by atoms with Gasteiger partial charge in [0.2, 0.25) is 11.8 Å². The predicted octanol–water partition coefficient (Wildman–Crippen LogP) is 3.97. The lowest BCUT2D eigenvalue weighted by Crippen LogP contribution is -2.57. The summed E-state index contributed by atoms with van der Waals surface area (Å²) in [5.74, 6) is -4.51. The van der Waals surface area contributed by atoms with Gasteiger partial charge in [-0.3, -0.25) is 19.1 Å². The summed E-state index contributed by atoms with van der Waals surface area (Å²) in [5.41, 5.74) is -8.42. The summed E-state index contributed by atoms with van der Waals surface area (Å²) in [6.07, 6.45) is -8.11. The molecule has 6 nitrogen and oxygen atoms in total. The molecular weight excluding hydrogens is 516 g/mol. The zero-order valence-electron chi connectivity index (χ0n) is 17.9. The topological polar surface area (TPSA) is 89.5 Å². The number of hydrogen-bond donors (Lipinski definition) is 1. The van der Waals surface area contributed by atoms with Gasteiger partial charge in [-0.2, -0.15) is 34.8 Å². The van der Waals surface area contributed by atoms with Gasteiger partial charge < -0.3 is 0 Å². The normalized spacial score (nSPS) is 29.5. The van der Waals surface area contributed by atoms with Crippen molar-refractivity contribution in [3.63, 3.8) is 0 Å². The SMILES string of the molecule is O=C1NC(=O)C2(c3ccccc3C(F)(F)F)C1C1C=CC2(OS(=O)(=O)c2ccccc2C(F)(F)F)C1. The highest BCUT2D eigenvalue weighted by Gasteiger charge is 2.77. The molecule has 2 aromatic rings. The number of benzene rings is 2. The van der Waals surface area contributed by atoms with Crippen LogP contribution < -0.4 is 5.32 Å². The summed E-state index contributed by atoms with van der Waals surface area (Å²) in [5, 5.41) is 1.98. The number of halogens is 6. The van der Waals surface area contributed by atoms with Crippen molar-refractivity contribution in [3.8, 4) is 0 Å².